The number of hydrogen-bond acceptors (Lipinski definition) is 1. The molecule has 0 aromatic heterocycles. The van der Waals surface area contributed by atoms with Gasteiger partial charge in [0.25, 0.3) is 0 Å². The van der Waals surface area contributed by atoms with Crippen molar-refractivity contribution in [3.8, 4) is 0 Å². The zero-order valence-corrected chi connectivity index (χ0v) is 14.4. The molecule has 1 aliphatic heterocycles. The molecule has 120 valence electrons. The van der Waals surface area contributed by atoms with Gasteiger partial charge in [-0.1, -0.05) is 59.7 Å². The number of quaternary nitrogens is 1. The highest BCUT2D eigenvalue weighted by Crippen LogP contribution is 2.32. The highest BCUT2D eigenvalue weighted by atomic mass is 16.1. The van der Waals surface area contributed by atoms with Crippen molar-refractivity contribution in [2.75, 3.05) is 0 Å². The molecule has 0 radical (unpaired) electrons. The van der Waals surface area contributed by atoms with Gasteiger partial charge in [-0.2, -0.15) is 0 Å². The van der Waals surface area contributed by atoms with Crippen LogP contribution in [0.1, 0.15) is 48.2 Å². The molecule has 0 amide bonds. The Morgan fingerprint density at radius 1 is 0.783 bits per heavy atom. The summed E-state index contributed by atoms with van der Waals surface area (Å²) in [6.45, 7) is 8.38. The zero-order valence-electron chi connectivity index (χ0n) is 14.4. The molecule has 2 aromatic rings. The molecule has 0 saturated carbocycles. The van der Waals surface area contributed by atoms with Crippen LogP contribution in [0.25, 0.3) is 0 Å². The van der Waals surface area contributed by atoms with Gasteiger partial charge in [0.05, 0.1) is 11.8 Å². The first-order valence-corrected chi connectivity index (χ1v) is 8.49. The molecule has 0 spiro atoms. The molecule has 0 aliphatic carbocycles. The van der Waals surface area contributed by atoms with Gasteiger partial charge in [-0.15, -0.1) is 0 Å². The number of carbonyl (C=O) groups excluding carboxylic acids is 1. The van der Waals surface area contributed by atoms with Crippen LogP contribution in [0, 0.1) is 25.7 Å². The van der Waals surface area contributed by atoms with Crippen molar-refractivity contribution < 1.29 is 10.1 Å². The lowest BCUT2D eigenvalue weighted by molar-refractivity contribution is -0.748. The van der Waals surface area contributed by atoms with Crippen LogP contribution in [0.4, 0.5) is 0 Å². The van der Waals surface area contributed by atoms with Crippen LogP contribution >= 0.6 is 0 Å². The third-order valence-corrected chi connectivity index (χ3v) is 5.24. The molecular formula is C21H26NO+. The van der Waals surface area contributed by atoms with E-state index < -0.39 is 0 Å². The Kier molecular flexibility index (Phi) is 4.36. The van der Waals surface area contributed by atoms with E-state index in [9.17, 15) is 4.79 Å². The molecule has 0 bridgehead atoms. The minimum absolute atomic E-state index is 0.0489. The first-order valence-electron chi connectivity index (χ1n) is 8.49. The second kappa shape index (κ2) is 6.29. The van der Waals surface area contributed by atoms with Gasteiger partial charge in [-0.05, 0) is 27.7 Å². The lowest BCUT2D eigenvalue weighted by Crippen LogP contribution is -2.91. The van der Waals surface area contributed by atoms with Crippen LogP contribution in [-0.2, 0) is 4.79 Å². The van der Waals surface area contributed by atoms with Gasteiger partial charge in [0, 0.05) is 11.1 Å². The molecule has 3 rings (SSSR count). The van der Waals surface area contributed by atoms with E-state index in [0.717, 1.165) is 0 Å². The Balaban J connectivity index is 1.97. The SMILES string of the molecule is Cc1cccc([C@@H]2[NH2+][C@@H](c3cccc(C)c3)[C@@H](C)C(=O)[C@@H]2C)c1. The van der Waals surface area contributed by atoms with E-state index in [0.29, 0.717) is 5.78 Å². The summed E-state index contributed by atoms with van der Waals surface area (Å²) in [5.74, 6) is 0.478. The van der Waals surface area contributed by atoms with E-state index in [-0.39, 0.29) is 23.9 Å². The second-order valence-corrected chi connectivity index (χ2v) is 7.05. The number of rotatable bonds is 2. The summed E-state index contributed by atoms with van der Waals surface area (Å²) in [4.78, 5) is 12.8. The Labute approximate surface area is 138 Å². The third-order valence-electron chi connectivity index (χ3n) is 5.24. The van der Waals surface area contributed by atoms with Crippen LogP contribution in [0.5, 0.6) is 0 Å². The van der Waals surface area contributed by atoms with Crippen molar-refractivity contribution in [1.29, 1.82) is 0 Å². The largest absolute Gasteiger partial charge is 0.333 e. The molecule has 1 saturated heterocycles. The third kappa shape index (κ3) is 3.09. The first kappa shape index (κ1) is 15.9. The van der Waals surface area contributed by atoms with Crippen LogP contribution in [0.15, 0.2) is 48.5 Å². The quantitative estimate of drug-likeness (QED) is 0.905. The average molecular weight is 308 g/mol. The van der Waals surface area contributed by atoms with Gasteiger partial charge in [0.2, 0.25) is 0 Å². The predicted molar refractivity (Wildman–Crippen MR) is 93.1 cm³/mol. The number of benzene rings is 2. The fourth-order valence-corrected chi connectivity index (χ4v) is 3.88. The van der Waals surface area contributed by atoms with Crippen LogP contribution in [0.2, 0.25) is 0 Å². The molecule has 2 heteroatoms. The molecule has 1 fully saturated rings. The normalized spacial score (nSPS) is 27.9. The Morgan fingerprint density at radius 2 is 1.22 bits per heavy atom. The smallest absolute Gasteiger partial charge is 0.151 e. The zero-order chi connectivity index (χ0) is 16.6. The van der Waals surface area contributed by atoms with Gasteiger partial charge < -0.3 is 5.32 Å². The van der Waals surface area contributed by atoms with E-state index in [1.165, 1.54) is 22.3 Å². The maximum Gasteiger partial charge on any atom is 0.151 e. The van der Waals surface area contributed by atoms with Gasteiger partial charge in [0.1, 0.15) is 12.1 Å². The average Bonchev–Trinajstić information content (AvgIpc) is 2.53. The molecule has 0 unspecified atom stereocenters. The second-order valence-electron chi connectivity index (χ2n) is 7.05. The maximum absolute atomic E-state index is 12.8. The monoisotopic (exact) mass is 308 g/mol. The molecule has 2 nitrogen and oxygen atoms in total. The van der Waals surface area contributed by atoms with Crippen LogP contribution < -0.4 is 5.32 Å². The summed E-state index contributed by atoms with van der Waals surface area (Å²) in [5.41, 5.74) is 5.02. The molecule has 1 aliphatic rings. The van der Waals surface area contributed by atoms with E-state index in [4.69, 9.17) is 0 Å². The van der Waals surface area contributed by atoms with Crippen molar-refractivity contribution in [2.24, 2.45) is 11.8 Å². The molecular weight excluding hydrogens is 282 g/mol. The van der Waals surface area contributed by atoms with Crippen LogP contribution in [0.3, 0.4) is 0 Å². The summed E-state index contributed by atoms with van der Waals surface area (Å²) in [6, 6.07) is 17.5. The van der Waals surface area contributed by atoms with Gasteiger partial charge in [-0.3, -0.25) is 4.79 Å². The number of carbonyl (C=O) groups is 1. The number of hydrogen-bond donors (Lipinski definition) is 1. The van der Waals surface area contributed by atoms with Crippen molar-refractivity contribution in [3.63, 3.8) is 0 Å². The van der Waals surface area contributed by atoms with E-state index >= 15 is 0 Å². The number of nitrogens with two attached hydrogens (primary N) is 1. The summed E-state index contributed by atoms with van der Waals surface area (Å²) in [5, 5.41) is 2.40. The molecule has 4 atom stereocenters. The van der Waals surface area contributed by atoms with Crippen molar-refractivity contribution in [3.05, 3.63) is 70.8 Å². The lowest BCUT2D eigenvalue weighted by atomic mass is 9.76. The minimum atomic E-state index is 0.0489. The number of Topliss-reactive ketones (excluding diaryl/α,β-unsaturated/α-hetero) is 1. The molecule has 2 N–H and O–H groups in total. The maximum atomic E-state index is 12.8. The summed E-state index contributed by atoms with van der Waals surface area (Å²) in [7, 11) is 0. The van der Waals surface area contributed by atoms with Crippen molar-refractivity contribution in [2.45, 2.75) is 39.8 Å². The van der Waals surface area contributed by atoms with E-state index in [1.807, 2.05) is 0 Å². The first-order chi connectivity index (χ1) is 11.0. The molecule has 23 heavy (non-hydrogen) atoms. The standard InChI is InChI=1S/C21H25NO/c1-13-7-5-9-17(11-13)19-15(3)21(23)16(4)20(22-19)18-10-6-8-14(2)12-18/h5-12,15-16,19-20,22H,1-4H3/p+1/t15-,16-,19-,20-/m1/s1. The Morgan fingerprint density at radius 3 is 1.61 bits per heavy atom. The van der Waals surface area contributed by atoms with Gasteiger partial charge >= 0.3 is 0 Å². The molecule has 2 aromatic carbocycles. The Hall–Kier alpha value is -1.93. The van der Waals surface area contributed by atoms with E-state index in [2.05, 4.69) is 81.5 Å². The highest BCUT2D eigenvalue weighted by molar-refractivity contribution is 5.84. The van der Waals surface area contributed by atoms with Crippen molar-refractivity contribution >= 4 is 5.78 Å². The highest BCUT2D eigenvalue weighted by Gasteiger charge is 2.43. The van der Waals surface area contributed by atoms with Crippen molar-refractivity contribution in [1.82, 2.24) is 0 Å². The minimum Gasteiger partial charge on any atom is -0.333 e. The topological polar surface area (TPSA) is 33.7 Å². The predicted octanol–water partition coefficient (Wildman–Crippen LogP) is 3.50. The summed E-state index contributed by atoms with van der Waals surface area (Å²) >= 11 is 0. The number of aryl methyl sites for hydroxylation is 2. The number of piperidine rings is 1. The van der Waals surface area contributed by atoms with Gasteiger partial charge in [0.15, 0.2) is 5.78 Å². The molecule has 1 heterocycles. The van der Waals surface area contributed by atoms with Crippen LogP contribution in [-0.4, -0.2) is 5.78 Å². The lowest BCUT2D eigenvalue weighted by Gasteiger charge is -2.36. The Bertz CT molecular complexity index is 662. The summed E-state index contributed by atoms with van der Waals surface area (Å²) in [6.07, 6.45) is 0. The van der Waals surface area contributed by atoms with E-state index in [1.54, 1.807) is 0 Å². The fraction of sp³-hybridized carbons (Fsp3) is 0.381. The van der Waals surface area contributed by atoms with Gasteiger partial charge in [-0.25, -0.2) is 0 Å². The summed E-state index contributed by atoms with van der Waals surface area (Å²) < 4.78 is 0. The fourth-order valence-electron chi connectivity index (χ4n) is 3.88. The number of ketones is 1.